The summed E-state index contributed by atoms with van der Waals surface area (Å²) in [5.41, 5.74) is 4.58. The Morgan fingerprint density at radius 3 is 2.79 bits per heavy atom. The normalized spacial score (nSPS) is 11.1. The molecule has 118 valence electrons. The summed E-state index contributed by atoms with van der Waals surface area (Å²) in [5, 5.41) is 1.50. The SMILES string of the molecule is Cc1cnc2ccc(-c3nc[nH]c3-c3cc(Cl)ccc3F)cc2c1. The number of rotatable bonds is 2. The molecule has 0 amide bonds. The lowest BCUT2D eigenvalue weighted by atomic mass is 10.0. The Morgan fingerprint density at radius 1 is 1.04 bits per heavy atom. The van der Waals surface area contributed by atoms with E-state index in [0.717, 1.165) is 22.0 Å². The van der Waals surface area contributed by atoms with Crippen molar-refractivity contribution in [3.05, 3.63) is 71.4 Å². The number of nitrogens with one attached hydrogen (secondary N) is 1. The molecular formula is C19H13ClFN3. The molecule has 2 aromatic carbocycles. The molecule has 0 fully saturated rings. The number of pyridine rings is 1. The van der Waals surface area contributed by atoms with E-state index in [9.17, 15) is 4.39 Å². The van der Waals surface area contributed by atoms with Crippen LogP contribution in [0.5, 0.6) is 0 Å². The van der Waals surface area contributed by atoms with Crippen molar-refractivity contribution in [2.24, 2.45) is 0 Å². The first kappa shape index (κ1) is 14.8. The first-order valence-corrected chi connectivity index (χ1v) is 7.85. The highest BCUT2D eigenvalue weighted by molar-refractivity contribution is 6.30. The van der Waals surface area contributed by atoms with E-state index in [1.54, 1.807) is 12.4 Å². The van der Waals surface area contributed by atoms with Crippen LogP contribution in [-0.2, 0) is 0 Å². The second-order valence-electron chi connectivity index (χ2n) is 5.67. The van der Waals surface area contributed by atoms with E-state index in [2.05, 4.69) is 21.0 Å². The first-order chi connectivity index (χ1) is 11.6. The number of hydrogen-bond donors (Lipinski definition) is 1. The van der Waals surface area contributed by atoms with Gasteiger partial charge >= 0.3 is 0 Å². The van der Waals surface area contributed by atoms with E-state index in [1.807, 2.05) is 31.3 Å². The van der Waals surface area contributed by atoms with Gasteiger partial charge in [0.25, 0.3) is 0 Å². The van der Waals surface area contributed by atoms with E-state index in [-0.39, 0.29) is 5.82 Å². The number of imidazole rings is 1. The molecule has 0 aliphatic heterocycles. The summed E-state index contributed by atoms with van der Waals surface area (Å²) in [6.45, 7) is 2.00. The number of benzene rings is 2. The van der Waals surface area contributed by atoms with Crippen LogP contribution in [0.1, 0.15) is 5.56 Å². The van der Waals surface area contributed by atoms with Gasteiger partial charge in [-0.3, -0.25) is 4.98 Å². The van der Waals surface area contributed by atoms with Crippen molar-refractivity contribution in [3.63, 3.8) is 0 Å². The number of aromatic amines is 1. The zero-order valence-electron chi connectivity index (χ0n) is 12.8. The van der Waals surface area contributed by atoms with Crippen LogP contribution in [0.15, 0.2) is 55.0 Å². The number of halogens is 2. The predicted octanol–water partition coefficient (Wildman–Crippen LogP) is 5.39. The minimum atomic E-state index is -0.344. The molecule has 4 aromatic rings. The van der Waals surface area contributed by atoms with Crippen LogP contribution in [0.4, 0.5) is 4.39 Å². The predicted molar refractivity (Wildman–Crippen MR) is 94.5 cm³/mol. The monoisotopic (exact) mass is 337 g/mol. The van der Waals surface area contributed by atoms with Crippen LogP contribution in [0, 0.1) is 12.7 Å². The van der Waals surface area contributed by atoms with Crippen LogP contribution in [0.25, 0.3) is 33.4 Å². The zero-order chi connectivity index (χ0) is 16.7. The molecule has 0 saturated heterocycles. The standard InChI is InChI=1S/C19H13ClFN3/c1-11-6-13-7-12(2-5-17(13)22-9-11)18-19(24-10-23-18)15-8-14(20)3-4-16(15)21/h2-10H,1H3,(H,23,24). The van der Waals surface area contributed by atoms with Gasteiger partial charge in [0.2, 0.25) is 0 Å². The third-order valence-corrected chi connectivity index (χ3v) is 4.16. The molecular weight excluding hydrogens is 325 g/mol. The third kappa shape index (κ3) is 2.55. The maximum atomic E-state index is 14.2. The minimum absolute atomic E-state index is 0.344. The van der Waals surface area contributed by atoms with Gasteiger partial charge in [-0.05, 0) is 48.9 Å². The van der Waals surface area contributed by atoms with Gasteiger partial charge in [-0.1, -0.05) is 17.7 Å². The van der Waals surface area contributed by atoms with Crippen LogP contribution in [0.3, 0.4) is 0 Å². The first-order valence-electron chi connectivity index (χ1n) is 7.47. The summed E-state index contributed by atoms with van der Waals surface area (Å²) in [7, 11) is 0. The molecule has 0 bridgehead atoms. The van der Waals surface area contributed by atoms with Gasteiger partial charge < -0.3 is 4.98 Å². The number of fused-ring (bicyclic) bond motifs is 1. The largest absolute Gasteiger partial charge is 0.344 e. The zero-order valence-corrected chi connectivity index (χ0v) is 13.6. The Bertz CT molecular complexity index is 1060. The Morgan fingerprint density at radius 2 is 1.92 bits per heavy atom. The van der Waals surface area contributed by atoms with Crippen molar-refractivity contribution in [2.45, 2.75) is 6.92 Å². The molecule has 2 heterocycles. The number of aromatic nitrogens is 3. The maximum absolute atomic E-state index is 14.2. The van der Waals surface area contributed by atoms with Crippen LogP contribution in [-0.4, -0.2) is 15.0 Å². The van der Waals surface area contributed by atoms with Gasteiger partial charge in [-0.25, -0.2) is 9.37 Å². The fourth-order valence-corrected chi connectivity index (χ4v) is 2.97. The van der Waals surface area contributed by atoms with Crippen molar-refractivity contribution < 1.29 is 4.39 Å². The van der Waals surface area contributed by atoms with Crippen molar-refractivity contribution in [2.75, 3.05) is 0 Å². The Labute approximate surface area is 143 Å². The van der Waals surface area contributed by atoms with E-state index < -0.39 is 0 Å². The molecule has 3 nitrogen and oxygen atoms in total. The van der Waals surface area contributed by atoms with Crippen LogP contribution >= 0.6 is 11.6 Å². The average molecular weight is 338 g/mol. The maximum Gasteiger partial charge on any atom is 0.132 e. The summed E-state index contributed by atoms with van der Waals surface area (Å²) in [5.74, 6) is -0.344. The Balaban J connectivity index is 1.89. The van der Waals surface area contributed by atoms with Crippen molar-refractivity contribution >= 4 is 22.5 Å². The van der Waals surface area contributed by atoms with Crippen molar-refractivity contribution in [1.82, 2.24) is 15.0 Å². The molecule has 0 aliphatic carbocycles. The third-order valence-electron chi connectivity index (χ3n) is 3.93. The molecule has 0 aliphatic rings. The second kappa shape index (κ2) is 5.73. The molecule has 4 rings (SSSR count). The fourth-order valence-electron chi connectivity index (χ4n) is 2.80. The van der Waals surface area contributed by atoms with Gasteiger partial charge in [-0.15, -0.1) is 0 Å². The molecule has 0 spiro atoms. The Hall–Kier alpha value is -2.72. The molecule has 1 N–H and O–H groups in total. The van der Waals surface area contributed by atoms with E-state index >= 15 is 0 Å². The minimum Gasteiger partial charge on any atom is -0.344 e. The summed E-state index contributed by atoms with van der Waals surface area (Å²) < 4.78 is 14.2. The number of H-pyrrole nitrogens is 1. The Kier molecular flexibility index (Phi) is 3.54. The van der Waals surface area contributed by atoms with Gasteiger partial charge in [0.05, 0.1) is 23.2 Å². The average Bonchev–Trinajstić information content (AvgIpc) is 3.05. The van der Waals surface area contributed by atoms with E-state index in [1.165, 1.54) is 12.1 Å². The van der Waals surface area contributed by atoms with E-state index in [4.69, 9.17) is 11.6 Å². The van der Waals surface area contributed by atoms with Gasteiger partial charge in [0, 0.05) is 27.7 Å². The number of nitrogens with zero attached hydrogens (tertiary/aromatic N) is 2. The van der Waals surface area contributed by atoms with Crippen molar-refractivity contribution in [1.29, 1.82) is 0 Å². The van der Waals surface area contributed by atoms with Crippen LogP contribution in [0.2, 0.25) is 5.02 Å². The summed E-state index contributed by atoms with van der Waals surface area (Å²) in [6, 6.07) is 12.4. The van der Waals surface area contributed by atoms with Crippen LogP contribution < -0.4 is 0 Å². The lowest BCUT2D eigenvalue weighted by Gasteiger charge is -2.07. The summed E-state index contributed by atoms with van der Waals surface area (Å²) in [4.78, 5) is 11.8. The molecule has 5 heteroatoms. The molecule has 0 unspecified atom stereocenters. The number of hydrogen-bond acceptors (Lipinski definition) is 2. The van der Waals surface area contributed by atoms with Gasteiger partial charge in [0.1, 0.15) is 5.82 Å². The quantitative estimate of drug-likeness (QED) is 0.532. The molecule has 24 heavy (non-hydrogen) atoms. The summed E-state index contributed by atoms with van der Waals surface area (Å²) in [6.07, 6.45) is 3.40. The molecule has 0 radical (unpaired) electrons. The second-order valence-corrected chi connectivity index (χ2v) is 6.11. The fraction of sp³-hybridized carbons (Fsp3) is 0.0526. The number of aryl methyl sites for hydroxylation is 1. The highest BCUT2D eigenvalue weighted by Gasteiger charge is 2.15. The van der Waals surface area contributed by atoms with Gasteiger partial charge in [0.15, 0.2) is 0 Å². The van der Waals surface area contributed by atoms with E-state index in [0.29, 0.717) is 22.0 Å². The lowest BCUT2D eigenvalue weighted by Crippen LogP contribution is -1.89. The molecule has 0 saturated carbocycles. The highest BCUT2D eigenvalue weighted by Crippen LogP contribution is 2.33. The molecule has 2 aromatic heterocycles. The lowest BCUT2D eigenvalue weighted by molar-refractivity contribution is 0.631. The smallest absolute Gasteiger partial charge is 0.132 e. The molecule has 0 atom stereocenters. The topological polar surface area (TPSA) is 41.6 Å². The van der Waals surface area contributed by atoms with Gasteiger partial charge in [-0.2, -0.15) is 0 Å². The van der Waals surface area contributed by atoms with Crippen molar-refractivity contribution in [3.8, 4) is 22.5 Å². The summed E-state index contributed by atoms with van der Waals surface area (Å²) >= 11 is 6.02. The highest BCUT2D eigenvalue weighted by atomic mass is 35.5.